The fourth-order valence-electron chi connectivity index (χ4n) is 0.263. The molecule has 1 amide bonds. The van der Waals surface area contributed by atoms with Crippen molar-refractivity contribution < 1.29 is 18.3 Å². The number of carbonyl (C=O) groups is 1. The molecule has 0 aliphatic heterocycles. The van der Waals surface area contributed by atoms with Crippen molar-refractivity contribution in [3.8, 4) is 0 Å². The van der Waals surface area contributed by atoms with E-state index in [9.17, 15) is 13.6 Å². The maximum atomic E-state index is 11.3. The van der Waals surface area contributed by atoms with Crippen molar-refractivity contribution in [2.75, 3.05) is 20.7 Å². The topological polar surface area (TPSA) is 29.5 Å². The molecular formula is C5H9F2NO2. The van der Waals surface area contributed by atoms with Crippen LogP contribution in [0, 0.1) is 0 Å². The number of amides is 1. The zero-order chi connectivity index (χ0) is 8.15. The second kappa shape index (κ2) is 4.16. The molecule has 0 aromatic heterocycles. The normalized spacial score (nSPS) is 10.1. The molecule has 0 aromatic rings. The summed E-state index contributed by atoms with van der Waals surface area (Å²) < 4.78 is 26.3. The van der Waals surface area contributed by atoms with Crippen molar-refractivity contribution >= 4 is 5.91 Å². The van der Waals surface area contributed by atoms with E-state index in [4.69, 9.17) is 0 Å². The van der Waals surface area contributed by atoms with E-state index in [1.807, 2.05) is 0 Å². The molecule has 0 atom stereocenters. The summed E-state index contributed by atoms with van der Waals surface area (Å²) in [5.74, 6) is -0.472. The second-order valence-electron chi connectivity index (χ2n) is 1.86. The highest BCUT2D eigenvalue weighted by atomic mass is 19.3. The van der Waals surface area contributed by atoms with Crippen LogP contribution in [0.4, 0.5) is 8.78 Å². The van der Waals surface area contributed by atoms with E-state index in [2.05, 4.69) is 4.74 Å². The Morgan fingerprint density at radius 2 is 2.10 bits per heavy atom. The minimum absolute atomic E-state index is 0.472. The molecule has 0 radical (unpaired) electrons. The van der Waals surface area contributed by atoms with Crippen molar-refractivity contribution in [3.05, 3.63) is 0 Å². The average Bonchev–Trinajstić information content (AvgIpc) is 1.82. The Morgan fingerprint density at radius 1 is 1.60 bits per heavy atom. The van der Waals surface area contributed by atoms with Crippen LogP contribution in [-0.4, -0.2) is 38.1 Å². The third-order valence-electron chi connectivity index (χ3n) is 0.832. The first-order valence-electron chi connectivity index (χ1n) is 2.64. The van der Waals surface area contributed by atoms with Gasteiger partial charge < -0.3 is 9.64 Å². The molecule has 0 spiro atoms. The first-order valence-corrected chi connectivity index (χ1v) is 2.64. The van der Waals surface area contributed by atoms with Gasteiger partial charge in [-0.05, 0) is 0 Å². The van der Waals surface area contributed by atoms with Crippen LogP contribution in [0.15, 0.2) is 0 Å². The third-order valence-corrected chi connectivity index (χ3v) is 0.832. The van der Waals surface area contributed by atoms with Crippen LogP contribution in [0.25, 0.3) is 0 Å². The molecule has 0 unspecified atom stereocenters. The molecule has 0 saturated heterocycles. The predicted molar refractivity (Wildman–Crippen MR) is 30.6 cm³/mol. The van der Waals surface area contributed by atoms with Gasteiger partial charge in [0.1, 0.15) is 6.61 Å². The monoisotopic (exact) mass is 153 g/mol. The number of rotatable bonds is 3. The first kappa shape index (κ1) is 9.29. The SMILES string of the molecule is CN(C)C(=O)COC(F)F. The molecule has 60 valence electrons. The van der Waals surface area contributed by atoms with Gasteiger partial charge in [0.15, 0.2) is 0 Å². The highest BCUT2D eigenvalue weighted by molar-refractivity contribution is 5.76. The van der Waals surface area contributed by atoms with E-state index >= 15 is 0 Å². The number of nitrogens with zero attached hydrogens (tertiary/aromatic N) is 1. The minimum atomic E-state index is -2.87. The fraction of sp³-hybridized carbons (Fsp3) is 0.800. The molecule has 0 aliphatic rings. The lowest BCUT2D eigenvalue weighted by Crippen LogP contribution is -2.27. The van der Waals surface area contributed by atoms with Gasteiger partial charge in [-0.25, -0.2) is 0 Å². The lowest BCUT2D eigenvalue weighted by Gasteiger charge is -2.09. The predicted octanol–water partition coefficient (Wildman–Crippen LogP) is 0.314. The van der Waals surface area contributed by atoms with E-state index in [1.165, 1.54) is 19.0 Å². The van der Waals surface area contributed by atoms with E-state index in [1.54, 1.807) is 0 Å². The summed E-state index contributed by atoms with van der Waals surface area (Å²) in [6.07, 6.45) is 0. The molecule has 0 aliphatic carbocycles. The molecule has 0 rings (SSSR count). The molecule has 0 N–H and O–H groups in total. The van der Waals surface area contributed by atoms with Gasteiger partial charge in [-0.15, -0.1) is 0 Å². The van der Waals surface area contributed by atoms with Gasteiger partial charge in [0.05, 0.1) is 0 Å². The Balaban J connectivity index is 3.40. The Labute approximate surface area is 57.6 Å². The Morgan fingerprint density at radius 3 is 2.40 bits per heavy atom. The number of ether oxygens (including phenoxy) is 1. The summed E-state index contributed by atoms with van der Waals surface area (Å²) in [4.78, 5) is 11.7. The number of hydrogen-bond acceptors (Lipinski definition) is 2. The van der Waals surface area contributed by atoms with Crippen molar-refractivity contribution in [2.24, 2.45) is 0 Å². The zero-order valence-electron chi connectivity index (χ0n) is 5.80. The van der Waals surface area contributed by atoms with Crippen molar-refractivity contribution in [1.82, 2.24) is 4.90 Å². The quantitative estimate of drug-likeness (QED) is 0.584. The van der Waals surface area contributed by atoms with Gasteiger partial charge in [-0.2, -0.15) is 8.78 Å². The summed E-state index contributed by atoms with van der Waals surface area (Å²) in [5, 5.41) is 0. The summed E-state index contributed by atoms with van der Waals surface area (Å²) in [6.45, 7) is -3.44. The number of hydrogen-bond donors (Lipinski definition) is 0. The molecular weight excluding hydrogens is 144 g/mol. The highest BCUT2D eigenvalue weighted by Crippen LogP contribution is 1.94. The summed E-state index contributed by atoms with van der Waals surface area (Å²) in [6, 6.07) is 0. The lowest BCUT2D eigenvalue weighted by molar-refractivity contribution is -0.157. The third kappa shape index (κ3) is 4.20. The Kier molecular flexibility index (Phi) is 3.87. The minimum Gasteiger partial charge on any atom is -0.347 e. The molecule has 3 nitrogen and oxygen atoms in total. The van der Waals surface area contributed by atoms with E-state index in [0.717, 1.165) is 0 Å². The van der Waals surface area contributed by atoms with Crippen LogP contribution >= 0.6 is 0 Å². The molecule has 0 aromatic carbocycles. The van der Waals surface area contributed by atoms with Crippen LogP contribution in [0.5, 0.6) is 0 Å². The lowest BCUT2D eigenvalue weighted by atomic mass is 10.6. The first-order chi connectivity index (χ1) is 4.54. The van der Waals surface area contributed by atoms with Gasteiger partial charge in [0, 0.05) is 14.1 Å². The molecule has 10 heavy (non-hydrogen) atoms. The van der Waals surface area contributed by atoms with E-state index in [-0.39, 0.29) is 0 Å². The van der Waals surface area contributed by atoms with Gasteiger partial charge >= 0.3 is 6.61 Å². The van der Waals surface area contributed by atoms with E-state index < -0.39 is 19.1 Å². The Bertz CT molecular complexity index is 116. The van der Waals surface area contributed by atoms with Crippen molar-refractivity contribution in [2.45, 2.75) is 6.61 Å². The average molecular weight is 153 g/mol. The smallest absolute Gasteiger partial charge is 0.345 e. The zero-order valence-corrected chi connectivity index (χ0v) is 5.80. The highest BCUT2D eigenvalue weighted by Gasteiger charge is 2.07. The summed E-state index contributed by atoms with van der Waals surface area (Å²) in [5.41, 5.74) is 0. The summed E-state index contributed by atoms with van der Waals surface area (Å²) in [7, 11) is 2.94. The number of alkyl halides is 2. The largest absolute Gasteiger partial charge is 0.347 e. The Hall–Kier alpha value is -0.710. The summed E-state index contributed by atoms with van der Waals surface area (Å²) >= 11 is 0. The van der Waals surface area contributed by atoms with Crippen molar-refractivity contribution in [1.29, 1.82) is 0 Å². The van der Waals surface area contributed by atoms with Crippen LogP contribution in [0.1, 0.15) is 0 Å². The van der Waals surface area contributed by atoms with Gasteiger partial charge in [0.2, 0.25) is 5.91 Å². The van der Waals surface area contributed by atoms with Crippen LogP contribution in [-0.2, 0) is 9.53 Å². The van der Waals surface area contributed by atoms with Crippen LogP contribution in [0.2, 0.25) is 0 Å². The number of halogens is 2. The van der Waals surface area contributed by atoms with Gasteiger partial charge in [-0.3, -0.25) is 4.79 Å². The van der Waals surface area contributed by atoms with Crippen LogP contribution < -0.4 is 0 Å². The number of likely N-dealkylation sites (N-methyl/N-ethyl adjacent to an activating group) is 1. The molecule has 0 bridgehead atoms. The molecule has 5 heteroatoms. The van der Waals surface area contributed by atoms with Gasteiger partial charge in [0.25, 0.3) is 0 Å². The molecule has 0 saturated carbocycles. The fourth-order valence-corrected chi connectivity index (χ4v) is 0.263. The molecule has 0 fully saturated rings. The maximum Gasteiger partial charge on any atom is 0.345 e. The standard InChI is InChI=1S/C5H9F2NO2/c1-8(2)4(9)3-10-5(6)7/h5H,3H2,1-2H3. The van der Waals surface area contributed by atoms with Gasteiger partial charge in [-0.1, -0.05) is 0 Å². The molecule has 0 heterocycles. The maximum absolute atomic E-state index is 11.3. The van der Waals surface area contributed by atoms with Crippen molar-refractivity contribution in [3.63, 3.8) is 0 Å². The van der Waals surface area contributed by atoms with Crippen LogP contribution in [0.3, 0.4) is 0 Å². The van der Waals surface area contributed by atoms with E-state index in [0.29, 0.717) is 0 Å². The number of carbonyl (C=O) groups excluding carboxylic acids is 1. The second-order valence-corrected chi connectivity index (χ2v) is 1.86.